The smallest absolute Gasteiger partial charge is 0.230 e. The maximum absolute atomic E-state index is 5.89. The predicted octanol–water partition coefficient (Wildman–Crippen LogP) is 2.57. The average Bonchev–Trinajstić information content (AvgIpc) is 2.74. The average molecular weight is 305 g/mol. The van der Waals surface area contributed by atoms with E-state index in [1.807, 2.05) is 24.3 Å². The molecule has 2 heterocycles. The van der Waals surface area contributed by atoms with Crippen LogP contribution in [0.3, 0.4) is 0 Å². The van der Waals surface area contributed by atoms with Crippen LogP contribution in [0.4, 0.5) is 11.6 Å². The van der Waals surface area contributed by atoms with Crippen molar-refractivity contribution >= 4 is 23.2 Å². The minimum atomic E-state index is 0.551. The van der Waals surface area contributed by atoms with Gasteiger partial charge in [-0.15, -0.1) is 0 Å². The Morgan fingerprint density at radius 3 is 2.67 bits per heavy atom. The van der Waals surface area contributed by atoms with E-state index in [1.54, 1.807) is 7.11 Å². The van der Waals surface area contributed by atoms with E-state index in [2.05, 4.69) is 20.6 Å². The molecule has 0 atom stereocenters. The summed E-state index contributed by atoms with van der Waals surface area (Å²) in [7, 11) is 1.65. The van der Waals surface area contributed by atoms with Crippen LogP contribution in [0.25, 0.3) is 0 Å². The summed E-state index contributed by atoms with van der Waals surface area (Å²) in [5.41, 5.74) is 3.04. The molecule has 1 aromatic carbocycles. The van der Waals surface area contributed by atoms with Crippen molar-refractivity contribution in [2.75, 3.05) is 25.5 Å². The molecule has 2 N–H and O–H groups in total. The zero-order valence-corrected chi connectivity index (χ0v) is 12.6. The van der Waals surface area contributed by atoms with Gasteiger partial charge in [0.1, 0.15) is 0 Å². The number of nitrogens with zero attached hydrogens (tertiary/aromatic N) is 2. The summed E-state index contributed by atoms with van der Waals surface area (Å²) in [6.07, 6.45) is 1.77. The van der Waals surface area contributed by atoms with Crippen LogP contribution in [-0.2, 0) is 12.8 Å². The van der Waals surface area contributed by atoms with E-state index in [0.29, 0.717) is 16.9 Å². The van der Waals surface area contributed by atoms with E-state index < -0.39 is 0 Å². The lowest BCUT2D eigenvalue weighted by Gasteiger charge is -2.12. The molecule has 1 aliphatic heterocycles. The lowest BCUT2D eigenvalue weighted by molar-refractivity contribution is 0.391. The minimum Gasteiger partial charge on any atom is -0.481 e. The third kappa shape index (κ3) is 3.25. The largest absolute Gasteiger partial charge is 0.481 e. The number of benzene rings is 1. The minimum absolute atomic E-state index is 0.551. The molecule has 0 spiro atoms. The van der Waals surface area contributed by atoms with Gasteiger partial charge in [0.05, 0.1) is 12.8 Å². The molecule has 21 heavy (non-hydrogen) atoms. The molecule has 3 rings (SSSR count). The molecular formula is C15H17ClN4O. The highest BCUT2D eigenvalue weighted by molar-refractivity contribution is 6.30. The van der Waals surface area contributed by atoms with Gasteiger partial charge in [0.15, 0.2) is 0 Å². The molecule has 0 bridgehead atoms. The van der Waals surface area contributed by atoms with Crippen LogP contribution >= 0.6 is 11.6 Å². The first-order valence-electron chi connectivity index (χ1n) is 6.93. The van der Waals surface area contributed by atoms with Gasteiger partial charge in [0.25, 0.3) is 0 Å². The zero-order valence-electron chi connectivity index (χ0n) is 11.8. The number of ether oxygens (including phenoxy) is 1. The standard InChI is InChI=1S/C15H17ClN4O/c1-21-14-12-6-8-17-9-7-13(12)19-15(20-14)18-11-4-2-10(16)3-5-11/h2-5,17H,6-9H2,1H3,(H,18,19,20). The Kier molecular flexibility index (Phi) is 4.22. The van der Waals surface area contributed by atoms with Crippen molar-refractivity contribution in [1.29, 1.82) is 0 Å². The second-order valence-electron chi connectivity index (χ2n) is 4.86. The summed E-state index contributed by atoms with van der Waals surface area (Å²) in [5, 5.41) is 7.26. The number of anilines is 2. The second-order valence-corrected chi connectivity index (χ2v) is 5.30. The highest BCUT2D eigenvalue weighted by atomic mass is 35.5. The lowest BCUT2D eigenvalue weighted by Crippen LogP contribution is -2.16. The molecule has 0 radical (unpaired) electrons. The second kappa shape index (κ2) is 6.28. The summed E-state index contributed by atoms with van der Waals surface area (Å²) < 4.78 is 5.43. The molecule has 2 aromatic rings. The Bertz CT molecular complexity index is 630. The lowest BCUT2D eigenvalue weighted by atomic mass is 10.1. The first kappa shape index (κ1) is 14.1. The Balaban J connectivity index is 1.92. The number of nitrogens with one attached hydrogen (secondary N) is 2. The van der Waals surface area contributed by atoms with Crippen LogP contribution in [0.1, 0.15) is 11.3 Å². The highest BCUT2D eigenvalue weighted by Crippen LogP contribution is 2.25. The summed E-state index contributed by atoms with van der Waals surface area (Å²) in [5.74, 6) is 1.20. The molecule has 0 aliphatic carbocycles. The number of methoxy groups -OCH3 is 1. The number of aromatic nitrogens is 2. The van der Waals surface area contributed by atoms with E-state index in [0.717, 1.165) is 42.9 Å². The topological polar surface area (TPSA) is 59.1 Å². The Morgan fingerprint density at radius 2 is 1.90 bits per heavy atom. The quantitative estimate of drug-likeness (QED) is 0.912. The van der Waals surface area contributed by atoms with Crippen molar-refractivity contribution in [1.82, 2.24) is 15.3 Å². The number of hydrogen-bond donors (Lipinski definition) is 2. The summed E-state index contributed by atoms with van der Waals surface area (Å²) >= 11 is 5.89. The Morgan fingerprint density at radius 1 is 1.14 bits per heavy atom. The van der Waals surface area contributed by atoms with Gasteiger partial charge < -0.3 is 15.4 Å². The molecule has 1 aromatic heterocycles. The van der Waals surface area contributed by atoms with Crippen molar-refractivity contribution in [2.24, 2.45) is 0 Å². The summed E-state index contributed by atoms with van der Waals surface area (Å²) in [6, 6.07) is 7.44. The van der Waals surface area contributed by atoms with E-state index >= 15 is 0 Å². The molecule has 110 valence electrons. The van der Waals surface area contributed by atoms with E-state index in [9.17, 15) is 0 Å². The van der Waals surface area contributed by atoms with Crippen LogP contribution in [0.5, 0.6) is 5.88 Å². The Hall–Kier alpha value is -1.85. The van der Waals surface area contributed by atoms with Crippen molar-refractivity contribution in [3.8, 4) is 5.88 Å². The normalized spacial score (nSPS) is 14.2. The first-order valence-corrected chi connectivity index (χ1v) is 7.31. The Labute approximate surface area is 128 Å². The van der Waals surface area contributed by atoms with Gasteiger partial charge in [0.2, 0.25) is 11.8 Å². The van der Waals surface area contributed by atoms with Crippen LogP contribution in [-0.4, -0.2) is 30.2 Å². The molecule has 0 amide bonds. The van der Waals surface area contributed by atoms with Gasteiger partial charge in [-0.2, -0.15) is 4.98 Å². The molecule has 5 nitrogen and oxygen atoms in total. The summed E-state index contributed by atoms with van der Waals surface area (Å²) in [4.78, 5) is 9.08. The number of rotatable bonds is 3. The van der Waals surface area contributed by atoms with Crippen molar-refractivity contribution in [3.63, 3.8) is 0 Å². The summed E-state index contributed by atoms with van der Waals surface area (Å²) in [6.45, 7) is 1.85. The van der Waals surface area contributed by atoms with Crippen LogP contribution in [0.15, 0.2) is 24.3 Å². The van der Waals surface area contributed by atoms with Gasteiger partial charge in [-0.1, -0.05) is 11.6 Å². The van der Waals surface area contributed by atoms with E-state index in [-0.39, 0.29) is 0 Å². The van der Waals surface area contributed by atoms with Crippen LogP contribution in [0, 0.1) is 0 Å². The number of fused-ring (bicyclic) bond motifs is 1. The van der Waals surface area contributed by atoms with E-state index in [4.69, 9.17) is 16.3 Å². The van der Waals surface area contributed by atoms with Gasteiger partial charge in [-0.25, -0.2) is 4.98 Å². The van der Waals surface area contributed by atoms with Crippen LogP contribution in [0.2, 0.25) is 5.02 Å². The molecule has 6 heteroatoms. The van der Waals surface area contributed by atoms with Gasteiger partial charge in [-0.05, 0) is 37.2 Å². The van der Waals surface area contributed by atoms with Crippen molar-refractivity contribution in [2.45, 2.75) is 12.8 Å². The third-order valence-electron chi connectivity index (χ3n) is 3.44. The SMILES string of the molecule is COc1nc(Nc2ccc(Cl)cc2)nc2c1CCNCC2. The van der Waals surface area contributed by atoms with Gasteiger partial charge in [0, 0.05) is 29.2 Å². The van der Waals surface area contributed by atoms with Gasteiger partial charge >= 0.3 is 0 Å². The molecule has 0 fully saturated rings. The van der Waals surface area contributed by atoms with Crippen molar-refractivity contribution in [3.05, 3.63) is 40.5 Å². The zero-order chi connectivity index (χ0) is 14.7. The third-order valence-corrected chi connectivity index (χ3v) is 3.69. The monoisotopic (exact) mass is 304 g/mol. The highest BCUT2D eigenvalue weighted by Gasteiger charge is 2.17. The predicted molar refractivity (Wildman–Crippen MR) is 83.6 cm³/mol. The number of halogens is 1. The van der Waals surface area contributed by atoms with Gasteiger partial charge in [-0.3, -0.25) is 0 Å². The number of hydrogen-bond acceptors (Lipinski definition) is 5. The molecule has 0 saturated carbocycles. The fourth-order valence-corrected chi connectivity index (χ4v) is 2.52. The molecule has 0 saturated heterocycles. The fourth-order valence-electron chi connectivity index (χ4n) is 2.40. The van der Waals surface area contributed by atoms with Crippen LogP contribution < -0.4 is 15.4 Å². The molecular weight excluding hydrogens is 288 g/mol. The maximum Gasteiger partial charge on any atom is 0.230 e. The molecule has 1 aliphatic rings. The fraction of sp³-hybridized carbons (Fsp3) is 0.333. The molecule has 0 unspecified atom stereocenters. The first-order chi connectivity index (χ1) is 10.3. The van der Waals surface area contributed by atoms with E-state index in [1.165, 1.54) is 0 Å². The maximum atomic E-state index is 5.89. The van der Waals surface area contributed by atoms with Crippen molar-refractivity contribution < 1.29 is 4.74 Å².